The molecule has 0 aliphatic carbocycles. The Hall–Kier alpha value is -2.15. The Morgan fingerprint density at radius 2 is 1.84 bits per heavy atom. The largest absolute Gasteiger partial charge is 0.368 e. The Morgan fingerprint density at radius 3 is 2.65 bits per heavy atom. The highest BCUT2D eigenvalue weighted by Crippen LogP contribution is 2.32. The van der Waals surface area contributed by atoms with Gasteiger partial charge in [-0.1, -0.05) is 35.3 Å². The molecule has 31 heavy (non-hydrogen) atoms. The number of rotatable bonds is 7. The molecule has 1 aromatic carbocycles. The molecule has 0 saturated carbocycles. The van der Waals surface area contributed by atoms with Crippen molar-refractivity contribution >= 4 is 46.4 Å². The van der Waals surface area contributed by atoms with E-state index in [1.807, 2.05) is 18.2 Å². The quantitative estimate of drug-likeness (QED) is 0.488. The third-order valence-corrected chi connectivity index (χ3v) is 6.73. The van der Waals surface area contributed by atoms with Crippen LogP contribution in [0.3, 0.4) is 0 Å². The summed E-state index contributed by atoms with van der Waals surface area (Å²) in [5.74, 6) is 0.533. The van der Waals surface area contributed by atoms with E-state index in [1.54, 1.807) is 12.1 Å². The fraction of sp³-hybridized carbons (Fsp3) is 0.435. The summed E-state index contributed by atoms with van der Waals surface area (Å²) in [6.45, 7) is 4.71. The molecular weight excluding hydrogens is 435 g/mol. The smallest absolute Gasteiger partial charge is 0.225 e. The number of fused-ring (bicyclic) bond motifs is 1. The maximum Gasteiger partial charge on any atom is 0.225 e. The number of halogens is 2. The first kappa shape index (κ1) is 22.1. The van der Waals surface area contributed by atoms with Crippen LogP contribution < -0.4 is 10.2 Å². The van der Waals surface area contributed by atoms with Gasteiger partial charge < -0.3 is 10.2 Å². The van der Waals surface area contributed by atoms with Crippen LogP contribution in [0.1, 0.15) is 41.7 Å². The third-order valence-electron chi connectivity index (χ3n) is 5.92. The molecule has 1 fully saturated rings. The van der Waals surface area contributed by atoms with E-state index in [1.165, 1.54) is 0 Å². The molecule has 0 bridgehead atoms. The molecule has 2 aromatic rings. The Bertz CT molecular complexity index is 974. The van der Waals surface area contributed by atoms with Crippen LogP contribution in [-0.2, 0) is 11.2 Å². The summed E-state index contributed by atoms with van der Waals surface area (Å²) >= 11 is 12.5. The fourth-order valence-electron chi connectivity index (χ4n) is 4.09. The number of aryl methyl sites for hydroxylation is 1. The van der Waals surface area contributed by atoms with Crippen LogP contribution >= 0.6 is 23.2 Å². The van der Waals surface area contributed by atoms with E-state index in [9.17, 15) is 9.59 Å². The van der Waals surface area contributed by atoms with E-state index in [0.717, 1.165) is 56.8 Å². The van der Waals surface area contributed by atoms with Crippen molar-refractivity contribution in [3.63, 3.8) is 0 Å². The molecule has 1 saturated heterocycles. The first-order chi connectivity index (χ1) is 15.0. The molecule has 1 amide bonds. The number of nitrogens with zero attached hydrogens (tertiary/aromatic N) is 3. The predicted molar refractivity (Wildman–Crippen MR) is 124 cm³/mol. The molecule has 2 aliphatic rings. The second kappa shape index (κ2) is 9.98. The number of unbranched alkanes of at least 4 members (excludes halogenated alkanes) is 1. The lowest BCUT2D eigenvalue weighted by atomic mass is 10.0. The van der Waals surface area contributed by atoms with Crippen LogP contribution in [0, 0.1) is 0 Å². The van der Waals surface area contributed by atoms with E-state index in [-0.39, 0.29) is 11.7 Å². The highest BCUT2D eigenvalue weighted by Gasteiger charge is 2.20. The number of benzene rings is 1. The van der Waals surface area contributed by atoms with Gasteiger partial charge in [-0.25, -0.2) is 4.98 Å². The van der Waals surface area contributed by atoms with Gasteiger partial charge in [-0.2, -0.15) is 0 Å². The summed E-state index contributed by atoms with van der Waals surface area (Å²) in [6.07, 6.45) is 3.41. The van der Waals surface area contributed by atoms with Crippen LogP contribution in [-0.4, -0.2) is 54.3 Å². The van der Waals surface area contributed by atoms with Gasteiger partial charge in [0.15, 0.2) is 5.78 Å². The highest BCUT2D eigenvalue weighted by atomic mass is 35.5. The van der Waals surface area contributed by atoms with Crippen molar-refractivity contribution in [3.05, 3.63) is 51.6 Å². The zero-order valence-corrected chi connectivity index (χ0v) is 18.9. The van der Waals surface area contributed by atoms with Crippen LogP contribution in [0.2, 0.25) is 10.0 Å². The zero-order valence-electron chi connectivity index (χ0n) is 17.4. The van der Waals surface area contributed by atoms with E-state index >= 15 is 0 Å². The van der Waals surface area contributed by atoms with Gasteiger partial charge in [0.2, 0.25) is 5.91 Å². The average Bonchev–Trinajstić information content (AvgIpc) is 2.78. The van der Waals surface area contributed by atoms with Crippen LogP contribution in [0.15, 0.2) is 30.3 Å². The lowest BCUT2D eigenvalue weighted by Gasteiger charge is -2.36. The maximum absolute atomic E-state index is 12.5. The topological polar surface area (TPSA) is 65.5 Å². The van der Waals surface area contributed by atoms with Gasteiger partial charge in [0.05, 0.1) is 15.7 Å². The summed E-state index contributed by atoms with van der Waals surface area (Å²) in [4.78, 5) is 33.1. The predicted octanol–water partition coefficient (Wildman–Crippen LogP) is 4.45. The Kier molecular flexibility index (Phi) is 7.10. The number of anilines is 2. The van der Waals surface area contributed by atoms with Gasteiger partial charge >= 0.3 is 0 Å². The van der Waals surface area contributed by atoms with Gasteiger partial charge in [-0.05, 0) is 49.6 Å². The summed E-state index contributed by atoms with van der Waals surface area (Å²) in [5, 5.41) is 3.96. The van der Waals surface area contributed by atoms with Crippen molar-refractivity contribution in [1.29, 1.82) is 0 Å². The molecule has 3 heterocycles. The minimum absolute atomic E-state index is 0.0306. The number of hydrogen-bond donors (Lipinski definition) is 1. The molecule has 8 heteroatoms. The number of carbonyl (C=O) groups is 2. The van der Waals surface area contributed by atoms with E-state index < -0.39 is 0 Å². The Balaban J connectivity index is 1.20. The number of carbonyl (C=O) groups excluding carboxylic acids is 2. The van der Waals surface area contributed by atoms with Crippen molar-refractivity contribution in [2.24, 2.45) is 0 Å². The first-order valence-corrected chi connectivity index (χ1v) is 11.5. The van der Waals surface area contributed by atoms with Crippen molar-refractivity contribution in [3.8, 4) is 0 Å². The lowest BCUT2D eigenvalue weighted by molar-refractivity contribution is -0.116. The molecule has 0 spiro atoms. The van der Waals surface area contributed by atoms with E-state index in [0.29, 0.717) is 40.8 Å². The zero-order chi connectivity index (χ0) is 21.8. The van der Waals surface area contributed by atoms with Crippen molar-refractivity contribution in [1.82, 2.24) is 9.88 Å². The van der Waals surface area contributed by atoms with Crippen LogP contribution in [0.5, 0.6) is 0 Å². The molecule has 4 rings (SSSR count). The fourth-order valence-corrected chi connectivity index (χ4v) is 4.51. The van der Waals surface area contributed by atoms with Gasteiger partial charge in [0.1, 0.15) is 11.5 Å². The van der Waals surface area contributed by atoms with Crippen molar-refractivity contribution in [2.75, 3.05) is 42.9 Å². The summed E-state index contributed by atoms with van der Waals surface area (Å²) < 4.78 is 0. The molecule has 0 atom stereocenters. The number of hydrogen-bond acceptors (Lipinski definition) is 5. The van der Waals surface area contributed by atoms with Gasteiger partial charge in [0.25, 0.3) is 0 Å². The average molecular weight is 461 g/mol. The molecule has 1 N–H and O–H groups in total. The third kappa shape index (κ3) is 5.37. The molecule has 2 aliphatic heterocycles. The monoisotopic (exact) mass is 460 g/mol. The summed E-state index contributed by atoms with van der Waals surface area (Å²) in [6, 6.07) is 9.42. The van der Waals surface area contributed by atoms with Crippen molar-refractivity contribution in [2.45, 2.75) is 32.1 Å². The highest BCUT2D eigenvalue weighted by molar-refractivity contribution is 6.43. The van der Waals surface area contributed by atoms with E-state index in [2.05, 4.69) is 20.1 Å². The van der Waals surface area contributed by atoms with Crippen LogP contribution in [0.4, 0.5) is 11.5 Å². The first-order valence-electron chi connectivity index (χ1n) is 10.8. The number of piperazine rings is 1. The molecule has 164 valence electrons. The Morgan fingerprint density at radius 1 is 1.03 bits per heavy atom. The van der Waals surface area contributed by atoms with E-state index in [4.69, 9.17) is 23.2 Å². The number of Topliss-reactive ketones (excluding diaryl/α,β-unsaturated/α-hetero) is 1. The Labute approximate surface area is 192 Å². The number of nitrogens with one attached hydrogen (secondary N) is 1. The number of amides is 1. The normalized spacial score (nSPS) is 16.7. The van der Waals surface area contributed by atoms with Gasteiger partial charge in [-0.3, -0.25) is 14.5 Å². The number of aromatic nitrogens is 1. The van der Waals surface area contributed by atoms with Crippen molar-refractivity contribution < 1.29 is 9.59 Å². The lowest BCUT2D eigenvalue weighted by Crippen LogP contribution is -2.46. The number of pyridine rings is 1. The van der Waals surface area contributed by atoms with Crippen LogP contribution in [0.25, 0.3) is 0 Å². The molecule has 0 unspecified atom stereocenters. The molecule has 0 radical (unpaired) electrons. The molecular formula is C23H26Cl2N4O2. The second-order valence-electron chi connectivity index (χ2n) is 8.03. The maximum atomic E-state index is 12.5. The minimum atomic E-state index is -0.0395. The molecule has 6 nitrogen and oxygen atoms in total. The van der Waals surface area contributed by atoms with Gasteiger partial charge in [0, 0.05) is 39.0 Å². The summed E-state index contributed by atoms with van der Waals surface area (Å²) in [7, 11) is 0. The molecule has 1 aromatic heterocycles. The van der Waals surface area contributed by atoms with Gasteiger partial charge in [-0.15, -0.1) is 0 Å². The minimum Gasteiger partial charge on any atom is -0.368 e. The second-order valence-corrected chi connectivity index (χ2v) is 8.82. The summed E-state index contributed by atoms with van der Waals surface area (Å²) in [5.41, 5.74) is 2.43. The number of ketones is 1. The SMILES string of the molecule is O=C1CCc2ccc(C(=O)CCCCN3CCN(c4cccc(Cl)c4Cl)CC3)nc2N1. The standard InChI is InChI=1S/C23H26Cl2N4O2/c24-17-4-3-5-19(22(17)25)29-14-12-28(13-15-29)11-2-1-6-20(30)18-9-7-16-8-10-21(31)27-23(16)26-18/h3-5,7,9H,1-2,6,8,10-15H2,(H,26,27,31).